The number of rotatable bonds is 0. The monoisotopic (exact) mass is 152 g/mol. The van der Waals surface area contributed by atoms with Gasteiger partial charge in [0.15, 0.2) is 5.75 Å². The summed E-state index contributed by atoms with van der Waals surface area (Å²) in [6.45, 7) is 0. The number of aromatic hydroxyl groups is 1. The van der Waals surface area contributed by atoms with Gasteiger partial charge in [-0.15, -0.1) is 0 Å². The van der Waals surface area contributed by atoms with Crippen LogP contribution in [0, 0.1) is 0 Å². The zero-order valence-electron chi connectivity index (χ0n) is 6.02. The molecular weight excluding hydrogens is 144 g/mol. The number of fused-ring (bicyclic) bond motifs is 1. The molecule has 0 aliphatic carbocycles. The Morgan fingerprint density at radius 2 is 2.18 bits per heavy atom. The van der Waals surface area contributed by atoms with E-state index in [1.54, 1.807) is 16.8 Å². The summed E-state index contributed by atoms with van der Waals surface area (Å²) in [5.41, 5.74) is 1.26. The smallest absolute Gasteiger partial charge is 0.161 e. The van der Waals surface area contributed by atoms with E-state index >= 15 is 0 Å². The summed E-state index contributed by atoms with van der Waals surface area (Å²) >= 11 is 0. The number of aryl methyl sites for hydroxylation is 1. The third-order valence-corrected chi connectivity index (χ3v) is 1.78. The molecule has 0 aromatic carbocycles. The van der Waals surface area contributed by atoms with Gasteiger partial charge in [0, 0.05) is 19.4 Å². The molecule has 0 atom stereocenters. The Morgan fingerprint density at radius 1 is 1.45 bits per heavy atom. The highest BCUT2D eigenvalue weighted by Crippen LogP contribution is 2.25. The summed E-state index contributed by atoms with van der Waals surface area (Å²) in [6, 6.07) is 1.73. The van der Waals surface area contributed by atoms with E-state index in [0.29, 0.717) is 5.52 Å². The molecule has 0 radical (unpaired) electrons. The molecule has 0 fully saturated rings. The van der Waals surface area contributed by atoms with Crippen LogP contribution in [0.15, 0.2) is 18.5 Å². The lowest BCUT2D eigenvalue weighted by Gasteiger charge is -1.89. The van der Waals surface area contributed by atoms with Crippen molar-refractivity contribution in [1.29, 1.82) is 0 Å². The van der Waals surface area contributed by atoms with E-state index in [1.165, 1.54) is 6.20 Å². The highest BCUT2D eigenvalue weighted by molar-refractivity contribution is 5.83. The van der Waals surface area contributed by atoms with Crippen LogP contribution in [-0.2, 0) is 7.05 Å². The number of hydrogen-bond donors (Lipinski definition) is 2. The predicted molar refractivity (Wildman–Crippen MR) is 39.8 cm³/mol. The van der Waals surface area contributed by atoms with Crippen molar-refractivity contribution in [2.24, 2.45) is 7.05 Å². The van der Waals surface area contributed by atoms with Gasteiger partial charge in [-0.1, -0.05) is 0 Å². The summed E-state index contributed by atoms with van der Waals surface area (Å²) in [5, 5.41) is 18.4. The second kappa shape index (κ2) is 1.72. The van der Waals surface area contributed by atoms with Crippen LogP contribution in [0.1, 0.15) is 0 Å². The average Bonchev–Trinajstić information content (AvgIpc) is 2.41. The van der Waals surface area contributed by atoms with Gasteiger partial charge in [-0.05, 0) is 6.07 Å². The summed E-state index contributed by atoms with van der Waals surface area (Å²) in [6.07, 6.45) is 3.04. The SMILES string of the molecule is Cn1cc(O)c2c1ccn2O. The number of hydrogen-bond acceptors (Lipinski definition) is 2. The molecule has 4 heteroatoms. The van der Waals surface area contributed by atoms with Crippen molar-refractivity contribution in [3.8, 4) is 5.75 Å². The fraction of sp³-hybridized carbons (Fsp3) is 0.143. The van der Waals surface area contributed by atoms with Gasteiger partial charge in [-0.3, -0.25) is 0 Å². The molecule has 11 heavy (non-hydrogen) atoms. The molecule has 2 heterocycles. The molecule has 0 unspecified atom stereocenters. The quantitative estimate of drug-likeness (QED) is 0.551. The molecule has 58 valence electrons. The lowest BCUT2D eigenvalue weighted by atomic mass is 10.5. The Bertz CT molecular complexity index is 400. The van der Waals surface area contributed by atoms with Crippen molar-refractivity contribution in [3.05, 3.63) is 18.5 Å². The Balaban J connectivity index is 2.98. The first kappa shape index (κ1) is 6.15. The first-order valence-electron chi connectivity index (χ1n) is 3.25. The molecule has 2 aromatic heterocycles. The molecule has 0 spiro atoms. The van der Waals surface area contributed by atoms with E-state index in [0.717, 1.165) is 10.2 Å². The standard InChI is InChI=1S/C7H8N2O2/c1-8-4-6(10)7-5(8)2-3-9(7)11/h2-4,10-11H,1H3. The minimum atomic E-state index is 0.0926. The van der Waals surface area contributed by atoms with Crippen LogP contribution in [0.3, 0.4) is 0 Å². The average molecular weight is 152 g/mol. The van der Waals surface area contributed by atoms with E-state index < -0.39 is 0 Å². The van der Waals surface area contributed by atoms with Crippen LogP contribution in [-0.4, -0.2) is 19.6 Å². The molecule has 0 saturated heterocycles. The number of aromatic nitrogens is 2. The largest absolute Gasteiger partial charge is 0.504 e. The molecule has 0 saturated carbocycles. The second-order valence-corrected chi connectivity index (χ2v) is 2.52. The van der Waals surface area contributed by atoms with Crippen LogP contribution >= 0.6 is 0 Å². The zero-order chi connectivity index (χ0) is 8.01. The highest BCUT2D eigenvalue weighted by atomic mass is 16.5. The van der Waals surface area contributed by atoms with Crippen molar-refractivity contribution in [3.63, 3.8) is 0 Å². The summed E-state index contributed by atoms with van der Waals surface area (Å²) in [7, 11) is 1.81. The molecule has 2 aromatic rings. The van der Waals surface area contributed by atoms with Crippen molar-refractivity contribution in [1.82, 2.24) is 9.30 Å². The van der Waals surface area contributed by atoms with Gasteiger partial charge >= 0.3 is 0 Å². The Hall–Kier alpha value is -1.58. The fourth-order valence-electron chi connectivity index (χ4n) is 1.26. The number of nitrogens with zero attached hydrogens (tertiary/aromatic N) is 2. The third-order valence-electron chi connectivity index (χ3n) is 1.78. The van der Waals surface area contributed by atoms with E-state index in [4.69, 9.17) is 5.21 Å². The molecule has 0 aliphatic heterocycles. The highest BCUT2D eigenvalue weighted by Gasteiger charge is 2.08. The first-order chi connectivity index (χ1) is 5.20. The van der Waals surface area contributed by atoms with E-state index in [-0.39, 0.29) is 5.75 Å². The summed E-state index contributed by atoms with van der Waals surface area (Å²) < 4.78 is 2.65. The van der Waals surface area contributed by atoms with Crippen molar-refractivity contribution in [2.45, 2.75) is 0 Å². The van der Waals surface area contributed by atoms with E-state index in [2.05, 4.69) is 0 Å². The fourth-order valence-corrected chi connectivity index (χ4v) is 1.26. The van der Waals surface area contributed by atoms with Crippen molar-refractivity contribution < 1.29 is 10.3 Å². The van der Waals surface area contributed by atoms with Gasteiger partial charge in [0.2, 0.25) is 0 Å². The van der Waals surface area contributed by atoms with Crippen molar-refractivity contribution in [2.75, 3.05) is 0 Å². The third kappa shape index (κ3) is 0.633. The van der Waals surface area contributed by atoms with Crippen LogP contribution in [0.4, 0.5) is 0 Å². The molecular formula is C7H8N2O2. The van der Waals surface area contributed by atoms with Crippen molar-refractivity contribution >= 4 is 11.0 Å². The topological polar surface area (TPSA) is 50.3 Å². The van der Waals surface area contributed by atoms with Crippen LogP contribution in [0.5, 0.6) is 5.75 Å². The van der Waals surface area contributed by atoms with Gasteiger partial charge in [-0.25, -0.2) is 0 Å². The molecule has 4 nitrogen and oxygen atoms in total. The molecule has 0 amide bonds. The second-order valence-electron chi connectivity index (χ2n) is 2.52. The summed E-state index contributed by atoms with van der Waals surface area (Å²) in [5.74, 6) is 0.0926. The lowest BCUT2D eigenvalue weighted by molar-refractivity contribution is 0.198. The maximum Gasteiger partial charge on any atom is 0.161 e. The lowest BCUT2D eigenvalue weighted by Crippen LogP contribution is -1.83. The Labute approximate surface area is 62.9 Å². The van der Waals surface area contributed by atoms with Gasteiger partial charge < -0.3 is 14.9 Å². The van der Waals surface area contributed by atoms with Crippen LogP contribution < -0.4 is 0 Å². The zero-order valence-corrected chi connectivity index (χ0v) is 6.02. The van der Waals surface area contributed by atoms with Crippen LogP contribution in [0.2, 0.25) is 0 Å². The normalized spacial score (nSPS) is 11.0. The summed E-state index contributed by atoms with van der Waals surface area (Å²) in [4.78, 5) is 0. The molecule has 0 aliphatic rings. The first-order valence-corrected chi connectivity index (χ1v) is 3.25. The minimum absolute atomic E-state index is 0.0926. The van der Waals surface area contributed by atoms with Gasteiger partial charge in [0.05, 0.1) is 5.52 Å². The predicted octanol–water partition coefficient (Wildman–Crippen LogP) is 0.923. The maximum absolute atomic E-state index is 9.26. The van der Waals surface area contributed by atoms with E-state index in [9.17, 15) is 5.11 Å². The van der Waals surface area contributed by atoms with E-state index in [1.807, 2.05) is 7.05 Å². The minimum Gasteiger partial charge on any atom is -0.504 e. The van der Waals surface area contributed by atoms with Gasteiger partial charge in [0.1, 0.15) is 5.52 Å². The van der Waals surface area contributed by atoms with Crippen LogP contribution in [0.25, 0.3) is 11.0 Å². The molecule has 2 rings (SSSR count). The molecule has 2 N–H and O–H groups in total. The molecule has 0 bridgehead atoms. The maximum atomic E-state index is 9.26. The Kier molecular flexibility index (Phi) is 0.961. The van der Waals surface area contributed by atoms with Gasteiger partial charge in [-0.2, -0.15) is 4.73 Å². The van der Waals surface area contributed by atoms with Gasteiger partial charge in [0.25, 0.3) is 0 Å². The Morgan fingerprint density at radius 3 is 2.82 bits per heavy atom.